The lowest BCUT2D eigenvalue weighted by Crippen LogP contribution is -2.44. The quantitative estimate of drug-likeness (QED) is 0.0665. The fourth-order valence-electron chi connectivity index (χ4n) is 5.36. The van der Waals surface area contributed by atoms with Gasteiger partial charge >= 0.3 is 11.9 Å². The van der Waals surface area contributed by atoms with Gasteiger partial charge in [0.25, 0.3) is 11.8 Å². The second-order valence-electron chi connectivity index (χ2n) is 11.1. The van der Waals surface area contributed by atoms with Crippen molar-refractivity contribution in [3.05, 3.63) is 77.4 Å². The summed E-state index contributed by atoms with van der Waals surface area (Å²) in [5.74, 6) is -4.74. The van der Waals surface area contributed by atoms with Gasteiger partial charge in [-0.2, -0.15) is 4.57 Å². The number of nitrogens with zero attached hydrogens (tertiary/aromatic N) is 2. The summed E-state index contributed by atoms with van der Waals surface area (Å²) < 4.78 is 36.5. The molecule has 1 aliphatic rings. The normalized spacial score (nSPS) is 13.1. The van der Waals surface area contributed by atoms with Crippen molar-refractivity contribution in [2.75, 3.05) is 19.6 Å². The Morgan fingerprint density at radius 3 is 1.96 bits per heavy atom. The molecule has 0 aliphatic carbocycles. The van der Waals surface area contributed by atoms with Gasteiger partial charge in [0, 0.05) is 30.5 Å². The molecule has 3 N–H and O–H groups in total. The number of amides is 4. The van der Waals surface area contributed by atoms with Gasteiger partial charge < -0.3 is 20.2 Å². The Morgan fingerprint density at radius 2 is 1.35 bits per heavy atom. The van der Waals surface area contributed by atoms with Crippen molar-refractivity contribution in [3.63, 3.8) is 0 Å². The van der Waals surface area contributed by atoms with Crippen molar-refractivity contribution >= 4 is 67.4 Å². The highest BCUT2D eigenvalue weighted by Gasteiger charge is 2.33. The van der Waals surface area contributed by atoms with E-state index in [1.54, 1.807) is 6.92 Å². The maximum absolute atomic E-state index is 13.8. The number of nitrogens with one attached hydrogen (secondary N) is 3. The Balaban J connectivity index is 1.22. The lowest BCUT2D eigenvalue weighted by Gasteiger charge is -2.16. The third-order valence-corrected chi connectivity index (χ3v) is 9.35. The van der Waals surface area contributed by atoms with Crippen LogP contribution in [-0.2, 0) is 45.9 Å². The fourth-order valence-corrected chi connectivity index (χ4v) is 6.58. The molecule has 2 heterocycles. The summed E-state index contributed by atoms with van der Waals surface area (Å²) in [6.45, 7) is 1.12. The largest absolute Gasteiger partial charge is 0.422 e. The molecule has 4 amide bonds. The van der Waals surface area contributed by atoms with Crippen molar-refractivity contribution in [1.29, 1.82) is 0 Å². The molecule has 0 radical (unpaired) electrons. The molecular weight excluding hydrogens is 658 g/mol. The summed E-state index contributed by atoms with van der Waals surface area (Å²) in [4.78, 5) is 77.5. The Hall–Kier alpha value is -5.74. The minimum atomic E-state index is -4.31. The molecule has 1 aromatic heterocycles. The summed E-state index contributed by atoms with van der Waals surface area (Å²) in [5, 5.41) is 6.00. The number of esters is 1. The molecule has 0 saturated carbocycles. The lowest BCUT2D eigenvalue weighted by molar-refractivity contribution is -0.617. The standard InChI is InChI=1S/C33H31N5O10S/c1-19-12-13-25(49(45,46)36-17-27(40)34-16-26(39)35-18-30(43)48-38-28(41)14-15-29(38)42)20(2)32(19)47-33(44)31-21-8-4-6-10-23(21)37(3)24-11-7-5-9-22(24)31/h4-13,36H,14-18H2,1-3H3,(H-,34,35,39,40)/p+1. The molecule has 0 spiro atoms. The number of aromatic nitrogens is 1. The monoisotopic (exact) mass is 690 g/mol. The summed E-state index contributed by atoms with van der Waals surface area (Å²) in [6.07, 6.45) is -0.177. The van der Waals surface area contributed by atoms with Crippen LogP contribution in [0.5, 0.6) is 5.75 Å². The highest BCUT2D eigenvalue weighted by Crippen LogP contribution is 2.32. The number of hydrogen-bond acceptors (Lipinski definition) is 10. The van der Waals surface area contributed by atoms with Crippen molar-refractivity contribution in [1.82, 2.24) is 20.4 Å². The van der Waals surface area contributed by atoms with Gasteiger partial charge in [-0.05, 0) is 37.6 Å². The maximum Gasteiger partial charge on any atom is 0.352 e. The average molecular weight is 691 g/mol. The lowest BCUT2D eigenvalue weighted by atomic mass is 10.0. The summed E-state index contributed by atoms with van der Waals surface area (Å²) in [6, 6.07) is 17.6. The Bertz CT molecular complexity index is 2090. The van der Waals surface area contributed by atoms with Gasteiger partial charge in [0.2, 0.25) is 32.9 Å². The molecular formula is C33H32N5O10S+. The predicted octanol–water partition coefficient (Wildman–Crippen LogP) is 0.771. The van der Waals surface area contributed by atoms with E-state index in [0.29, 0.717) is 27.0 Å². The average Bonchev–Trinajstić information content (AvgIpc) is 3.39. The van der Waals surface area contributed by atoms with Gasteiger partial charge in [-0.25, -0.2) is 22.7 Å². The number of ether oxygens (including phenoxy) is 1. The zero-order valence-electron chi connectivity index (χ0n) is 26.7. The molecule has 0 bridgehead atoms. The number of rotatable bonds is 11. The van der Waals surface area contributed by atoms with E-state index in [4.69, 9.17) is 4.74 Å². The third kappa shape index (κ3) is 7.39. The van der Waals surface area contributed by atoms with Crippen LogP contribution in [0, 0.1) is 13.8 Å². The number of imide groups is 1. The topological polar surface area (TPSA) is 198 Å². The van der Waals surface area contributed by atoms with Gasteiger partial charge in [0.15, 0.2) is 0 Å². The number of benzene rings is 3. The first kappa shape index (κ1) is 34.6. The molecule has 0 atom stereocenters. The first-order chi connectivity index (χ1) is 23.3. The number of sulfonamides is 1. The predicted molar refractivity (Wildman–Crippen MR) is 172 cm³/mol. The number of carbonyl (C=O) groups is 6. The second-order valence-corrected chi connectivity index (χ2v) is 12.9. The van der Waals surface area contributed by atoms with Gasteiger partial charge in [0.05, 0.1) is 34.3 Å². The minimum Gasteiger partial charge on any atom is -0.422 e. The van der Waals surface area contributed by atoms with Crippen molar-refractivity contribution < 1.29 is 51.3 Å². The van der Waals surface area contributed by atoms with E-state index in [1.807, 2.05) is 60.1 Å². The SMILES string of the molecule is Cc1ccc(S(=O)(=O)NCC(=O)NCC(=O)NCC(=O)ON2C(=O)CCC2=O)c(C)c1OC(=O)c1c2ccccc2[n+](C)c2ccccc12. The number of hydrogen-bond donors (Lipinski definition) is 3. The van der Waals surface area contributed by atoms with Gasteiger partial charge in [-0.3, -0.25) is 19.2 Å². The highest BCUT2D eigenvalue weighted by molar-refractivity contribution is 7.89. The van der Waals surface area contributed by atoms with Crippen LogP contribution >= 0.6 is 0 Å². The molecule has 1 aliphatic heterocycles. The van der Waals surface area contributed by atoms with Crippen molar-refractivity contribution in [3.8, 4) is 5.75 Å². The number of fused-ring (bicyclic) bond motifs is 2. The van der Waals surface area contributed by atoms with Gasteiger partial charge in [-0.15, -0.1) is 5.06 Å². The number of aryl methyl sites for hydroxylation is 2. The molecule has 3 aromatic carbocycles. The van der Waals surface area contributed by atoms with E-state index in [1.165, 1.54) is 19.1 Å². The van der Waals surface area contributed by atoms with Crippen molar-refractivity contribution in [2.24, 2.45) is 7.05 Å². The number of hydroxylamine groups is 2. The van der Waals surface area contributed by atoms with Crippen LogP contribution in [0.15, 0.2) is 65.6 Å². The second kappa shape index (κ2) is 14.2. The van der Waals surface area contributed by atoms with E-state index in [0.717, 1.165) is 11.0 Å². The summed E-state index contributed by atoms with van der Waals surface area (Å²) in [7, 11) is -2.41. The highest BCUT2D eigenvalue weighted by atomic mass is 32.2. The zero-order valence-corrected chi connectivity index (χ0v) is 27.5. The fraction of sp³-hybridized carbons (Fsp3) is 0.242. The number of pyridine rings is 1. The van der Waals surface area contributed by atoms with Crippen LogP contribution in [-0.4, -0.2) is 68.7 Å². The van der Waals surface area contributed by atoms with Gasteiger partial charge in [-0.1, -0.05) is 30.3 Å². The van der Waals surface area contributed by atoms with E-state index >= 15 is 0 Å². The van der Waals surface area contributed by atoms with E-state index < -0.39 is 65.2 Å². The summed E-state index contributed by atoms with van der Waals surface area (Å²) >= 11 is 0. The molecule has 16 heteroatoms. The molecule has 0 unspecified atom stereocenters. The molecule has 15 nitrogen and oxygen atoms in total. The van der Waals surface area contributed by atoms with Crippen LogP contribution in [0.2, 0.25) is 0 Å². The van der Waals surface area contributed by atoms with Crippen molar-refractivity contribution in [2.45, 2.75) is 31.6 Å². The van der Waals surface area contributed by atoms with Gasteiger partial charge in [0.1, 0.15) is 19.3 Å². The molecule has 49 heavy (non-hydrogen) atoms. The Kier molecular flexibility index (Phi) is 10.0. The van der Waals surface area contributed by atoms with E-state index in [-0.39, 0.29) is 29.1 Å². The zero-order chi connectivity index (χ0) is 35.5. The Morgan fingerprint density at radius 1 is 0.796 bits per heavy atom. The first-order valence-corrected chi connectivity index (χ1v) is 16.5. The molecule has 1 saturated heterocycles. The minimum absolute atomic E-state index is 0.0485. The molecule has 5 rings (SSSR count). The van der Waals surface area contributed by atoms with Crippen LogP contribution in [0.4, 0.5) is 0 Å². The van der Waals surface area contributed by atoms with E-state index in [9.17, 15) is 37.2 Å². The molecule has 1 fully saturated rings. The molecule has 4 aromatic rings. The van der Waals surface area contributed by atoms with Crippen LogP contribution in [0.1, 0.15) is 34.3 Å². The number of carbonyl (C=O) groups excluding carboxylic acids is 6. The maximum atomic E-state index is 13.8. The first-order valence-electron chi connectivity index (χ1n) is 15.0. The third-order valence-electron chi connectivity index (χ3n) is 7.81. The smallest absolute Gasteiger partial charge is 0.352 e. The Labute approximate surface area is 280 Å². The summed E-state index contributed by atoms with van der Waals surface area (Å²) in [5.41, 5.74) is 2.57. The molecule has 254 valence electrons. The van der Waals surface area contributed by atoms with Crippen LogP contribution < -0.4 is 24.7 Å². The number of para-hydroxylation sites is 2. The van der Waals surface area contributed by atoms with Crippen LogP contribution in [0.3, 0.4) is 0 Å². The van der Waals surface area contributed by atoms with E-state index in [2.05, 4.69) is 20.2 Å². The van der Waals surface area contributed by atoms with Crippen LogP contribution in [0.25, 0.3) is 21.8 Å².